The zero-order valence-corrected chi connectivity index (χ0v) is 18.0. The Hall–Kier alpha value is -2.00. The average molecular weight is 474 g/mol. The van der Waals surface area contributed by atoms with Gasteiger partial charge >= 0.3 is 0 Å². The van der Waals surface area contributed by atoms with Crippen molar-refractivity contribution in [3.63, 3.8) is 0 Å². The molecule has 0 amide bonds. The van der Waals surface area contributed by atoms with Crippen LogP contribution in [0.5, 0.6) is 17.2 Å². The van der Waals surface area contributed by atoms with Crippen molar-refractivity contribution >= 4 is 0 Å². The highest BCUT2D eigenvalue weighted by atomic mass is 16.7. The van der Waals surface area contributed by atoms with E-state index in [1.807, 2.05) is 0 Å². The van der Waals surface area contributed by atoms with Gasteiger partial charge in [0.05, 0.1) is 26.9 Å². The molecule has 0 bridgehead atoms. The van der Waals surface area contributed by atoms with Crippen LogP contribution in [0.2, 0.25) is 0 Å². The van der Waals surface area contributed by atoms with Crippen molar-refractivity contribution in [2.75, 3.05) is 26.9 Å². The first-order valence-corrected chi connectivity index (χ1v) is 10.3. The Labute approximate surface area is 189 Å². The number of aliphatic hydroxyl groups is 6. The highest BCUT2D eigenvalue weighted by Crippen LogP contribution is 2.39. The Morgan fingerprint density at radius 3 is 2.42 bits per heavy atom. The number of hydrogen-bond donors (Lipinski definition) is 7. The van der Waals surface area contributed by atoms with Crippen molar-refractivity contribution in [2.45, 2.75) is 55.1 Å². The quantitative estimate of drug-likeness (QED) is 0.191. The number of phenolic OH excluding ortho intramolecular Hbond substituents is 1. The number of aromatic hydroxyl groups is 1. The summed E-state index contributed by atoms with van der Waals surface area (Å²) in [6, 6.07) is 3.06. The largest absolute Gasteiger partial charge is 0.502 e. The molecule has 0 spiro atoms. The van der Waals surface area contributed by atoms with Crippen LogP contribution in [-0.4, -0.2) is 111 Å². The Balaban J connectivity index is 1.72. The molecule has 12 nitrogen and oxygen atoms in total. The van der Waals surface area contributed by atoms with E-state index in [9.17, 15) is 35.7 Å². The first-order valence-electron chi connectivity index (χ1n) is 10.3. The number of allylic oxidation sites excluding steroid dienone is 1. The molecular formula is C21H30O12. The fraction of sp³-hybridized carbons (Fsp3) is 0.619. The van der Waals surface area contributed by atoms with Crippen LogP contribution in [-0.2, 0) is 20.6 Å². The van der Waals surface area contributed by atoms with Crippen LogP contribution in [0.15, 0.2) is 24.8 Å². The molecule has 0 radical (unpaired) electrons. The number of phenols is 1. The van der Waals surface area contributed by atoms with Crippen LogP contribution in [0.25, 0.3) is 0 Å². The second-order valence-electron chi connectivity index (χ2n) is 7.99. The molecule has 7 N–H and O–H groups in total. The summed E-state index contributed by atoms with van der Waals surface area (Å²) < 4.78 is 26.8. The zero-order chi connectivity index (χ0) is 24.3. The Morgan fingerprint density at radius 1 is 1.12 bits per heavy atom. The van der Waals surface area contributed by atoms with E-state index in [4.69, 9.17) is 23.7 Å². The molecule has 0 aromatic heterocycles. The summed E-state index contributed by atoms with van der Waals surface area (Å²) in [6.45, 7) is 2.09. The van der Waals surface area contributed by atoms with Gasteiger partial charge in [0.15, 0.2) is 17.8 Å². The van der Waals surface area contributed by atoms with E-state index in [1.165, 1.54) is 13.2 Å². The van der Waals surface area contributed by atoms with Gasteiger partial charge in [0.1, 0.15) is 36.1 Å². The lowest BCUT2D eigenvalue weighted by molar-refractivity contribution is -0.289. The molecule has 2 aliphatic rings. The van der Waals surface area contributed by atoms with Crippen LogP contribution in [0.3, 0.4) is 0 Å². The molecule has 12 heteroatoms. The van der Waals surface area contributed by atoms with Crippen molar-refractivity contribution < 1.29 is 59.4 Å². The van der Waals surface area contributed by atoms with Gasteiger partial charge in [-0.2, -0.15) is 0 Å². The molecule has 0 saturated carbocycles. The molecule has 2 saturated heterocycles. The van der Waals surface area contributed by atoms with E-state index in [2.05, 4.69) is 6.58 Å². The predicted octanol–water partition coefficient (Wildman–Crippen LogP) is -2.23. The van der Waals surface area contributed by atoms with E-state index in [0.29, 0.717) is 12.0 Å². The molecule has 2 heterocycles. The molecule has 2 aliphatic heterocycles. The van der Waals surface area contributed by atoms with Gasteiger partial charge < -0.3 is 59.4 Å². The second-order valence-corrected chi connectivity index (χ2v) is 7.99. The highest BCUT2D eigenvalue weighted by Gasteiger charge is 2.50. The molecule has 0 aliphatic carbocycles. The van der Waals surface area contributed by atoms with Gasteiger partial charge in [-0.3, -0.25) is 0 Å². The summed E-state index contributed by atoms with van der Waals surface area (Å²) >= 11 is 0. The molecule has 3 rings (SSSR count). The minimum atomic E-state index is -1.90. The van der Waals surface area contributed by atoms with Gasteiger partial charge in [-0.1, -0.05) is 6.08 Å². The fourth-order valence-corrected chi connectivity index (χ4v) is 3.57. The van der Waals surface area contributed by atoms with Crippen molar-refractivity contribution in [1.29, 1.82) is 0 Å². The van der Waals surface area contributed by atoms with E-state index in [0.717, 1.165) is 0 Å². The van der Waals surface area contributed by atoms with E-state index in [1.54, 1.807) is 12.1 Å². The highest BCUT2D eigenvalue weighted by molar-refractivity contribution is 5.53. The number of ether oxygens (including phenoxy) is 5. The summed E-state index contributed by atoms with van der Waals surface area (Å²) in [5, 5.41) is 70.6. The first kappa shape index (κ1) is 25.6. The molecule has 33 heavy (non-hydrogen) atoms. The van der Waals surface area contributed by atoms with Gasteiger partial charge in [0.25, 0.3) is 0 Å². The molecule has 1 aromatic carbocycles. The van der Waals surface area contributed by atoms with Crippen LogP contribution in [0.4, 0.5) is 0 Å². The standard InChI is InChI=1S/C21H30O12/c1-3-4-10-5-11(29-2)14(23)12(6-10)32-19-17(26)16(25)15(24)13(33-19)7-30-20-18(27)21(28,8-22)9-31-20/h3,5-6,13,15-20,22-28H,1,4,7-9H2,2H3/t13-,15-,16+,17-,18+,19-,20-,21-/m1/s1. The van der Waals surface area contributed by atoms with Crippen LogP contribution in [0.1, 0.15) is 5.56 Å². The minimum absolute atomic E-state index is 0.0962. The third-order valence-electron chi connectivity index (χ3n) is 5.62. The SMILES string of the molecule is C=CCc1cc(OC)c(O)c(O[C@@H]2O[C@H](CO[C@@H]3OC[C@](O)(CO)[C@H]3O)[C@@H](O)[C@H](O)[C@H]2O)c1. The molecule has 8 atom stereocenters. The van der Waals surface area contributed by atoms with Gasteiger partial charge in [-0.05, 0) is 24.1 Å². The summed E-state index contributed by atoms with van der Waals surface area (Å²) in [5.74, 6) is -0.347. The normalized spacial score (nSPS) is 36.5. The average Bonchev–Trinajstić information content (AvgIpc) is 3.09. The number of aliphatic hydroxyl groups excluding tert-OH is 5. The van der Waals surface area contributed by atoms with E-state index in [-0.39, 0.29) is 23.9 Å². The molecule has 1 aromatic rings. The Morgan fingerprint density at radius 2 is 1.82 bits per heavy atom. The number of benzene rings is 1. The predicted molar refractivity (Wildman–Crippen MR) is 110 cm³/mol. The monoisotopic (exact) mass is 474 g/mol. The minimum Gasteiger partial charge on any atom is -0.502 e. The number of hydrogen-bond acceptors (Lipinski definition) is 12. The summed E-state index contributed by atoms with van der Waals surface area (Å²) in [4.78, 5) is 0. The topological polar surface area (TPSA) is 188 Å². The summed E-state index contributed by atoms with van der Waals surface area (Å²) in [6.07, 6.45) is -8.56. The van der Waals surface area contributed by atoms with Crippen molar-refractivity contribution in [3.05, 3.63) is 30.4 Å². The van der Waals surface area contributed by atoms with Gasteiger partial charge in [-0.15, -0.1) is 6.58 Å². The van der Waals surface area contributed by atoms with E-state index >= 15 is 0 Å². The number of methoxy groups -OCH3 is 1. The lowest BCUT2D eigenvalue weighted by Gasteiger charge is -2.40. The van der Waals surface area contributed by atoms with Gasteiger partial charge in [0, 0.05) is 0 Å². The second kappa shape index (κ2) is 10.5. The van der Waals surface area contributed by atoms with Crippen LogP contribution < -0.4 is 9.47 Å². The first-order chi connectivity index (χ1) is 15.6. The van der Waals surface area contributed by atoms with Crippen LogP contribution >= 0.6 is 0 Å². The van der Waals surface area contributed by atoms with Crippen molar-refractivity contribution in [2.24, 2.45) is 0 Å². The molecule has 0 unspecified atom stereocenters. The Kier molecular flexibility index (Phi) is 8.16. The lowest BCUT2D eigenvalue weighted by Crippen LogP contribution is -2.60. The molecule has 2 fully saturated rings. The molecular weight excluding hydrogens is 444 g/mol. The zero-order valence-electron chi connectivity index (χ0n) is 18.0. The maximum Gasteiger partial charge on any atom is 0.229 e. The van der Waals surface area contributed by atoms with E-state index < -0.39 is 61.9 Å². The van der Waals surface area contributed by atoms with Crippen molar-refractivity contribution in [3.8, 4) is 17.2 Å². The smallest absolute Gasteiger partial charge is 0.229 e. The Bertz CT molecular complexity index is 819. The van der Waals surface area contributed by atoms with Crippen LogP contribution in [0, 0.1) is 0 Å². The number of rotatable bonds is 9. The molecule has 186 valence electrons. The fourth-order valence-electron chi connectivity index (χ4n) is 3.57. The van der Waals surface area contributed by atoms with Gasteiger partial charge in [0.2, 0.25) is 12.0 Å². The van der Waals surface area contributed by atoms with Crippen molar-refractivity contribution in [1.82, 2.24) is 0 Å². The summed E-state index contributed by atoms with van der Waals surface area (Å²) in [7, 11) is 1.35. The summed E-state index contributed by atoms with van der Waals surface area (Å²) in [5.41, 5.74) is -1.21. The van der Waals surface area contributed by atoms with Gasteiger partial charge in [-0.25, -0.2) is 0 Å². The third kappa shape index (κ3) is 5.24. The lowest BCUT2D eigenvalue weighted by atomic mass is 9.99. The maximum atomic E-state index is 10.4. The maximum absolute atomic E-state index is 10.4. The third-order valence-corrected chi connectivity index (χ3v) is 5.62.